The number of hydrogen-bond acceptors (Lipinski definition) is 7. The Labute approximate surface area is 318 Å². The second-order valence-electron chi connectivity index (χ2n) is 14.9. The first kappa shape index (κ1) is 52.8. The Hall–Kier alpha value is -0.290. The highest BCUT2D eigenvalue weighted by Gasteiger charge is 2.12. The van der Waals surface area contributed by atoms with E-state index in [1.807, 2.05) is 7.05 Å². The van der Waals surface area contributed by atoms with Crippen molar-refractivity contribution in [2.24, 2.45) is 0 Å². The Morgan fingerprint density at radius 2 is 0.725 bits per heavy atom. The smallest absolute Gasteiger partial charge is 0.395 e. The van der Waals surface area contributed by atoms with Crippen molar-refractivity contribution >= 4 is 10.4 Å². The van der Waals surface area contributed by atoms with Gasteiger partial charge in [0.1, 0.15) is 0 Å². The van der Waals surface area contributed by atoms with E-state index in [2.05, 4.69) is 22.9 Å². The van der Waals surface area contributed by atoms with E-state index in [0.717, 1.165) is 39.7 Å². The fourth-order valence-corrected chi connectivity index (χ4v) is 6.40. The molecule has 0 spiro atoms. The number of nitrogens with zero attached hydrogens (tertiary/aromatic N) is 1. The molecule has 0 aliphatic rings. The van der Waals surface area contributed by atoms with Crippen molar-refractivity contribution in [3.05, 3.63) is 0 Å². The molecule has 0 fully saturated rings. The molecule has 0 unspecified atom stereocenters. The second kappa shape index (κ2) is 44.1. The summed E-state index contributed by atoms with van der Waals surface area (Å²) in [5.41, 5.74) is 0. The van der Waals surface area contributed by atoms with Crippen LogP contribution in [0.5, 0.6) is 0 Å². The van der Waals surface area contributed by atoms with Gasteiger partial charge in [-0.3, -0.25) is 13.6 Å². The van der Waals surface area contributed by atoms with Crippen LogP contribution in [0, 0.1) is 0 Å². The molecular formula is C42H89NO7S. The van der Waals surface area contributed by atoms with Gasteiger partial charge in [0.2, 0.25) is 0 Å². The van der Waals surface area contributed by atoms with Gasteiger partial charge >= 0.3 is 10.4 Å². The van der Waals surface area contributed by atoms with Crippen molar-refractivity contribution in [1.82, 2.24) is 4.90 Å². The summed E-state index contributed by atoms with van der Waals surface area (Å²) in [5.74, 6) is 0. The van der Waals surface area contributed by atoms with Crippen LogP contribution in [0.4, 0.5) is 0 Å². The van der Waals surface area contributed by atoms with Crippen molar-refractivity contribution in [2.45, 2.75) is 226 Å². The summed E-state index contributed by atoms with van der Waals surface area (Å²) >= 11 is 0. The lowest BCUT2D eigenvalue weighted by atomic mass is 10.0. The van der Waals surface area contributed by atoms with E-state index in [1.54, 1.807) is 0 Å². The van der Waals surface area contributed by atoms with Gasteiger partial charge in [0.25, 0.3) is 0 Å². The van der Waals surface area contributed by atoms with Gasteiger partial charge in [0, 0.05) is 26.3 Å². The molecule has 8 nitrogen and oxygen atoms in total. The van der Waals surface area contributed by atoms with E-state index in [4.69, 9.17) is 14.0 Å². The molecule has 0 bridgehead atoms. The van der Waals surface area contributed by atoms with Gasteiger partial charge in [-0.05, 0) is 19.9 Å². The zero-order valence-electron chi connectivity index (χ0n) is 34.5. The standard InChI is InChI=1S/C41H85NO3.CH4O4S/c1-4-6-8-10-12-14-16-18-20-22-24-26-28-30-32-34-38-44-41(40-42(3)36-37-43)45-39-35-33-31-29-27-25-23-21-19-17-15-13-11-9-7-5-2;1-5-6(2,3)4/h41,43H,4-40H2,1-3H3;1H3,(H,2,3,4). The lowest BCUT2D eigenvalue weighted by Gasteiger charge is -2.24. The van der Waals surface area contributed by atoms with E-state index in [9.17, 15) is 13.5 Å². The summed E-state index contributed by atoms with van der Waals surface area (Å²) in [6.07, 6.45) is 44.3. The van der Waals surface area contributed by atoms with Crippen molar-refractivity contribution in [3.8, 4) is 0 Å². The number of ether oxygens (including phenoxy) is 2. The zero-order chi connectivity index (χ0) is 37.9. The van der Waals surface area contributed by atoms with Crippen LogP contribution in [-0.2, 0) is 24.1 Å². The van der Waals surface area contributed by atoms with Crippen LogP contribution >= 0.6 is 0 Å². The molecule has 9 heteroatoms. The quantitative estimate of drug-likeness (QED) is 0.0361. The van der Waals surface area contributed by atoms with Crippen molar-refractivity contribution < 1.29 is 31.7 Å². The predicted molar refractivity (Wildman–Crippen MR) is 218 cm³/mol. The number of unbranched alkanes of at least 4 members (excludes halogenated alkanes) is 30. The molecule has 0 atom stereocenters. The first-order valence-corrected chi connectivity index (χ1v) is 23.2. The molecule has 0 aromatic heterocycles. The molecule has 51 heavy (non-hydrogen) atoms. The van der Waals surface area contributed by atoms with Gasteiger partial charge in [-0.25, -0.2) is 0 Å². The number of hydrogen-bond donors (Lipinski definition) is 2. The summed E-state index contributed by atoms with van der Waals surface area (Å²) in [7, 11) is -1.25. The summed E-state index contributed by atoms with van der Waals surface area (Å²) < 4.78 is 42.0. The van der Waals surface area contributed by atoms with Crippen molar-refractivity contribution in [1.29, 1.82) is 0 Å². The van der Waals surface area contributed by atoms with Crippen molar-refractivity contribution in [3.63, 3.8) is 0 Å². The van der Waals surface area contributed by atoms with Crippen LogP contribution in [0.25, 0.3) is 0 Å². The third-order valence-electron chi connectivity index (χ3n) is 9.76. The molecule has 0 aromatic rings. The van der Waals surface area contributed by atoms with Gasteiger partial charge in [-0.1, -0.05) is 206 Å². The number of likely N-dealkylation sites (N-methyl/N-ethyl adjacent to an activating group) is 1. The first-order valence-electron chi connectivity index (χ1n) is 21.9. The number of aliphatic hydroxyl groups is 1. The molecule has 0 aromatic carbocycles. The summed E-state index contributed by atoms with van der Waals surface area (Å²) in [6.45, 7) is 7.75. The highest BCUT2D eigenvalue weighted by molar-refractivity contribution is 7.80. The summed E-state index contributed by atoms with van der Waals surface area (Å²) in [5, 5.41) is 9.29. The van der Waals surface area contributed by atoms with Crippen LogP contribution in [0.2, 0.25) is 0 Å². The zero-order valence-corrected chi connectivity index (χ0v) is 35.3. The summed E-state index contributed by atoms with van der Waals surface area (Å²) in [4.78, 5) is 2.12. The second-order valence-corrected chi connectivity index (χ2v) is 16.0. The van der Waals surface area contributed by atoms with E-state index in [-0.39, 0.29) is 12.9 Å². The maximum absolute atomic E-state index is 9.33. The van der Waals surface area contributed by atoms with E-state index in [1.165, 1.54) is 193 Å². The lowest BCUT2D eigenvalue weighted by Crippen LogP contribution is -2.35. The number of rotatable bonds is 41. The average Bonchev–Trinajstić information content (AvgIpc) is 3.10. The first-order chi connectivity index (χ1) is 24.8. The van der Waals surface area contributed by atoms with Gasteiger partial charge in [0.15, 0.2) is 6.29 Å². The maximum atomic E-state index is 9.33. The molecule has 0 rings (SSSR count). The highest BCUT2D eigenvalue weighted by Crippen LogP contribution is 2.16. The van der Waals surface area contributed by atoms with Gasteiger partial charge in [-0.15, -0.1) is 0 Å². The Morgan fingerprint density at radius 1 is 0.490 bits per heavy atom. The molecule has 0 aliphatic heterocycles. The third-order valence-corrected chi connectivity index (χ3v) is 10.2. The minimum absolute atomic E-state index is 0.172. The molecular weight excluding hydrogens is 663 g/mol. The molecule has 0 aliphatic carbocycles. The fourth-order valence-electron chi connectivity index (χ4n) is 6.40. The van der Waals surface area contributed by atoms with Crippen LogP contribution < -0.4 is 0 Å². The van der Waals surface area contributed by atoms with Gasteiger partial charge < -0.3 is 14.6 Å². The molecule has 0 heterocycles. The Morgan fingerprint density at radius 3 is 0.941 bits per heavy atom. The Balaban J connectivity index is 0. The highest BCUT2D eigenvalue weighted by atomic mass is 32.3. The summed E-state index contributed by atoms with van der Waals surface area (Å²) in [6, 6.07) is 0. The topological polar surface area (TPSA) is 106 Å². The van der Waals surface area contributed by atoms with Crippen LogP contribution in [0.1, 0.15) is 219 Å². The van der Waals surface area contributed by atoms with Gasteiger partial charge in [-0.2, -0.15) is 8.42 Å². The predicted octanol–water partition coefficient (Wildman–Crippen LogP) is 12.2. The minimum atomic E-state index is -4.16. The van der Waals surface area contributed by atoms with Gasteiger partial charge in [0.05, 0.1) is 13.7 Å². The SMILES string of the molecule is CCCCCCCCCCCCCCCCCCOC(CN(C)CCO)OCCCCCCCCCCCCCCCCCC.COS(=O)(=O)O. The van der Waals surface area contributed by atoms with E-state index in [0.29, 0.717) is 6.54 Å². The fraction of sp³-hybridized carbons (Fsp3) is 1.00. The molecule has 2 N–H and O–H groups in total. The lowest BCUT2D eigenvalue weighted by molar-refractivity contribution is -0.153. The Bertz CT molecular complexity index is 703. The van der Waals surface area contributed by atoms with E-state index < -0.39 is 10.4 Å². The molecule has 0 radical (unpaired) electrons. The molecule has 0 saturated carbocycles. The number of aliphatic hydroxyl groups excluding tert-OH is 1. The third kappa shape index (κ3) is 49.7. The van der Waals surface area contributed by atoms with Crippen LogP contribution in [0.3, 0.4) is 0 Å². The maximum Gasteiger partial charge on any atom is 0.397 e. The van der Waals surface area contributed by atoms with Crippen molar-refractivity contribution in [2.75, 3.05) is 47.1 Å². The van der Waals surface area contributed by atoms with Crippen LogP contribution in [-0.4, -0.2) is 76.3 Å². The Kier molecular flexibility index (Phi) is 45.7. The molecule has 0 amide bonds. The molecule has 0 saturated heterocycles. The minimum Gasteiger partial charge on any atom is -0.395 e. The normalized spacial score (nSPS) is 11.8. The van der Waals surface area contributed by atoms with Crippen LogP contribution in [0.15, 0.2) is 0 Å². The monoisotopic (exact) mass is 752 g/mol. The largest absolute Gasteiger partial charge is 0.397 e. The van der Waals surface area contributed by atoms with E-state index >= 15 is 0 Å². The molecule has 310 valence electrons. The average molecular weight is 752 g/mol.